The van der Waals surface area contributed by atoms with Gasteiger partial charge in [0.05, 0.1) is 4.90 Å². The van der Waals surface area contributed by atoms with E-state index in [1.165, 1.54) is 0 Å². The molecular formula is C12H6BrClO2S2. The van der Waals surface area contributed by atoms with Crippen molar-refractivity contribution in [2.24, 2.45) is 0 Å². The third-order valence-electron chi connectivity index (χ3n) is 2.69. The highest BCUT2D eigenvalue weighted by Crippen LogP contribution is 2.36. The predicted molar refractivity (Wildman–Crippen MR) is 80.1 cm³/mol. The van der Waals surface area contributed by atoms with Gasteiger partial charge in [0.1, 0.15) is 0 Å². The molecule has 0 atom stereocenters. The Hall–Kier alpha value is -0.620. The number of hydrogen-bond donors (Lipinski definition) is 0. The molecule has 0 aliphatic heterocycles. The van der Waals surface area contributed by atoms with Gasteiger partial charge in [-0.25, -0.2) is 8.42 Å². The summed E-state index contributed by atoms with van der Waals surface area (Å²) in [6.45, 7) is 0. The molecular weight excluding hydrogens is 356 g/mol. The first-order valence-electron chi connectivity index (χ1n) is 5.02. The van der Waals surface area contributed by atoms with Crippen LogP contribution in [0.5, 0.6) is 0 Å². The molecule has 0 amide bonds. The van der Waals surface area contributed by atoms with Crippen LogP contribution >= 0.6 is 37.9 Å². The monoisotopic (exact) mass is 360 g/mol. The summed E-state index contributed by atoms with van der Waals surface area (Å²) in [5.41, 5.74) is 0. The molecule has 0 N–H and O–H groups in total. The van der Waals surface area contributed by atoms with Gasteiger partial charge in [0.2, 0.25) is 0 Å². The molecule has 0 spiro atoms. The Morgan fingerprint density at radius 2 is 1.61 bits per heavy atom. The van der Waals surface area contributed by atoms with E-state index in [1.807, 2.05) is 18.2 Å². The van der Waals surface area contributed by atoms with E-state index in [-0.39, 0.29) is 4.90 Å². The lowest BCUT2D eigenvalue weighted by Crippen LogP contribution is -1.88. The minimum atomic E-state index is -3.67. The molecule has 2 aromatic carbocycles. The minimum absolute atomic E-state index is 0.141. The van der Waals surface area contributed by atoms with E-state index < -0.39 is 9.05 Å². The number of fused-ring (bicyclic) bond motifs is 3. The van der Waals surface area contributed by atoms with Crippen LogP contribution in [0.1, 0.15) is 0 Å². The highest BCUT2D eigenvalue weighted by Gasteiger charge is 2.12. The lowest BCUT2D eigenvalue weighted by atomic mass is 10.1. The van der Waals surface area contributed by atoms with Gasteiger partial charge in [0, 0.05) is 35.3 Å². The first kappa shape index (κ1) is 12.4. The molecule has 0 bridgehead atoms. The number of halogens is 2. The average Bonchev–Trinajstić information content (AvgIpc) is 2.63. The van der Waals surface area contributed by atoms with Crippen molar-refractivity contribution < 1.29 is 8.42 Å². The van der Waals surface area contributed by atoms with Crippen LogP contribution in [0.4, 0.5) is 0 Å². The van der Waals surface area contributed by atoms with Crippen LogP contribution in [-0.4, -0.2) is 8.42 Å². The smallest absolute Gasteiger partial charge is 0.207 e. The summed E-state index contributed by atoms with van der Waals surface area (Å²) in [5.74, 6) is 0. The van der Waals surface area contributed by atoms with Crippen molar-refractivity contribution in [1.29, 1.82) is 0 Å². The maximum Gasteiger partial charge on any atom is 0.261 e. The largest absolute Gasteiger partial charge is 0.261 e. The zero-order valence-corrected chi connectivity index (χ0v) is 12.8. The van der Waals surface area contributed by atoms with Gasteiger partial charge in [-0.05, 0) is 24.3 Å². The van der Waals surface area contributed by atoms with E-state index >= 15 is 0 Å². The Morgan fingerprint density at radius 1 is 1.00 bits per heavy atom. The molecule has 18 heavy (non-hydrogen) atoms. The van der Waals surface area contributed by atoms with E-state index in [1.54, 1.807) is 29.5 Å². The minimum Gasteiger partial charge on any atom is -0.207 e. The van der Waals surface area contributed by atoms with Gasteiger partial charge < -0.3 is 0 Å². The van der Waals surface area contributed by atoms with Crippen LogP contribution in [0, 0.1) is 0 Å². The molecule has 3 rings (SSSR count). The molecule has 3 aromatic rings. The van der Waals surface area contributed by atoms with Crippen LogP contribution in [0.15, 0.2) is 45.8 Å². The maximum atomic E-state index is 11.3. The van der Waals surface area contributed by atoms with Gasteiger partial charge in [-0.15, -0.1) is 11.3 Å². The van der Waals surface area contributed by atoms with Gasteiger partial charge in [-0.3, -0.25) is 0 Å². The summed E-state index contributed by atoms with van der Waals surface area (Å²) < 4.78 is 25.7. The summed E-state index contributed by atoms with van der Waals surface area (Å²) >= 11 is 4.98. The second-order valence-electron chi connectivity index (χ2n) is 3.84. The summed E-state index contributed by atoms with van der Waals surface area (Å²) in [6.07, 6.45) is 0. The average molecular weight is 362 g/mol. The fourth-order valence-electron chi connectivity index (χ4n) is 1.88. The first-order valence-corrected chi connectivity index (χ1v) is 8.93. The summed E-state index contributed by atoms with van der Waals surface area (Å²) in [5, 5.41) is 2.17. The molecule has 0 radical (unpaired) electrons. The fraction of sp³-hybridized carbons (Fsp3) is 0. The van der Waals surface area contributed by atoms with Crippen molar-refractivity contribution in [2.75, 3.05) is 0 Å². The van der Waals surface area contributed by atoms with E-state index in [2.05, 4.69) is 15.9 Å². The van der Waals surface area contributed by atoms with E-state index in [4.69, 9.17) is 10.7 Å². The van der Waals surface area contributed by atoms with Crippen molar-refractivity contribution >= 4 is 67.2 Å². The standard InChI is InChI=1S/C12H6BrClO2S2/c13-7-1-3-9-10-4-2-8(18(14,15)16)6-12(10)17-11(9)5-7/h1-6H. The number of hydrogen-bond acceptors (Lipinski definition) is 3. The molecule has 0 unspecified atom stereocenters. The maximum absolute atomic E-state index is 11.3. The molecule has 1 aromatic heterocycles. The lowest BCUT2D eigenvalue weighted by molar-refractivity contribution is 0.609. The molecule has 0 saturated heterocycles. The van der Waals surface area contributed by atoms with Gasteiger partial charge in [-0.2, -0.15) is 0 Å². The Balaban J connectivity index is 2.40. The third kappa shape index (κ3) is 2.05. The summed E-state index contributed by atoms with van der Waals surface area (Å²) in [4.78, 5) is 0.141. The highest BCUT2D eigenvalue weighted by molar-refractivity contribution is 9.10. The lowest BCUT2D eigenvalue weighted by Gasteiger charge is -1.96. The zero-order chi connectivity index (χ0) is 12.9. The molecule has 0 saturated carbocycles. The molecule has 2 nitrogen and oxygen atoms in total. The van der Waals surface area contributed by atoms with Crippen LogP contribution in [0.2, 0.25) is 0 Å². The second kappa shape index (κ2) is 4.20. The van der Waals surface area contributed by atoms with Gasteiger partial charge in [0.25, 0.3) is 9.05 Å². The van der Waals surface area contributed by atoms with Crippen LogP contribution < -0.4 is 0 Å². The Morgan fingerprint density at radius 3 is 2.28 bits per heavy atom. The van der Waals surface area contributed by atoms with Crippen molar-refractivity contribution in [1.82, 2.24) is 0 Å². The number of benzene rings is 2. The Bertz CT molecular complexity index is 868. The number of thiophene rings is 1. The SMILES string of the molecule is O=S(=O)(Cl)c1ccc2c(c1)sc1cc(Br)ccc12. The molecule has 92 valence electrons. The van der Waals surface area contributed by atoms with E-state index in [0.29, 0.717) is 0 Å². The summed E-state index contributed by atoms with van der Waals surface area (Å²) in [6, 6.07) is 11.0. The molecule has 0 aliphatic rings. The van der Waals surface area contributed by atoms with Crippen LogP contribution in [0.3, 0.4) is 0 Å². The van der Waals surface area contributed by atoms with E-state index in [0.717, 1.165) is 24.6 Å². The predicted octanol–water partition coefficient (Wildman–Crippen LogP) is 4.74. The van der Waals surface area contributed by atoms with Crippen LogP contribution in [0.25, 0.3) is 20.2 Å². The van der Waals surface area contributed by atoms with Crippen molar-refractivity contribution in [3.05, 3.63) is 40.9 Å². The first-order chi connectivity index (χ1) is 8.45. The Kier molecular flexibility index (Phi) is 2.90. The van der Waals surface area contributed by atoms with Crippen molar-refractivity contribution in [3.8, 4) is 0 Å². The topological polar surface area (TPSA) is 34.1 Å². The quantitative estimate of drug-likeness (QED) is 0.586. The normalized spacial score (nSPS) is 12.3. The van der Waals surface area contributed by atoms with Crippen molar-refractivity contribution in [3.63, 3.8) is 0 Å². The zero-order valence-electron chi connectivity index (χ0n) is 8.85. The molecule has 6 heteroatoms. The summed E-state index contributed by atoms with van der Waals surface area (Å²) in [7, 11) is 1.68. The fourth-order valence-corrected chi connectivity index (χ4v) is 4.43. The molecule has 0 aliphatic carbocycles. The van der Waals surface area contributed by atoms with Gasteiger partial charge >= 0.3 is 0 Å². The Labute approximate surface area is 121 Å². The van der Waals surface area contributed by atoms with Gasteiger partial charge in [0.15, 0.2) is 0 Å². The highest BCUT2D eigenvalue weighted by atomic mass is 79.9. The second-order valence-corrected chi connectivity index (χ2v) is 8.40. The third-order valence-corrected chi connectivity index (χ3v) is 5.65. The molecule has 0 fully saturated rings. The van der Waals surface area contributed by atoms with Crippen molar-refractivity contribution in [2.45, 2.75) is 4.90 Å². The van der Waals surface area contributed by atoms with Gasteiger partial charge in [-0.1, -0.05) is 28.1 Å². The van der Waals surface area contributed by atoms with Crippen LogP contribution in [-0.2, 0) is 9.05 Å². The molecule has 1 heterocycles. The van der Waals surface area contributed by atoms with E-state index in [9.17, 15) is 8.42 Å². The number of rotatable bonds is 1.